The number of halogens is 7. The molecule has 0 N–H and O–H groups in total. The molecule has 0 saturated heterocycles. The number of Topliss-reactive ketones (excluding diaryl/α,β-unsaturated/α-hetero) is 2. The summed E-state index contributed by atoms with van der Waals surface area (Å²) in [6, 6.07) is 0. The van der Waals surface area contributed by atoms with Gasteiger partial charge in [0.05, 0.1) is 6.42 Å². The molecule has 0 spiro atoms. The van der Waals surface area contributed by atoms with Gasteiger partial charge in [-0.15, -0.1) is 0 Å². The molecule has 0 aromatic rings. The molecule has 0 aliphatic heterocycles. The molecule has 0 aromatic heterocycles. The molecule has 0 bridgehead atoms. The second-order valence-corrected chi connectivity index (χ2v) is 4.92. The van der Waals surface area contributed by atoms with Crippen molar-refractivity contribution in [2.45, 2.75) is 45.2 Å². The Morgan fingerprint density at radius 2 is 1.15 bits per heavy atom. The van der Waals surface area contributed by atoms with Crippen molar-refractivity contribution in [3.63, 3.8) is 0 Å². The zero-order valence-electron chi connectivity index (χ0n) is 10.4. The van der Waals surface area contributed by atoms with Crippen molar-refractivity contribution in [3.8, 4) is 0 Å². The zero-order valence-corrected chi connectivity index (χ0v) is 12.6. The fourth-order valence-corrected chi connectivity index (χ4v) is 0.875. The van der Waals surface area contributed by atoms with Crippen molar-refractivity contribution in [3.05, 3.63) is 0 Å². The van der Waals surface area contributed by atoms with Crippen LogP contribution in [0.4, 0.5) is 30.7 Å². The minimum Gasteiger partial charge on any atom is -0.299 e. The summed E-state index contributed by atoms with van der Waals surface area (Å²) in [5.74, 6) is -16.4. The first kappa shape index (κ1) is 20.2. The summed E-state index contributed by atoms with van der Waals surface area (Å²) in [6.45, 7) is 3.63. The van der Waals surface area contributed by atoms with Gasteiger partial charge in [-0.1, -0.05) is 20.8 Å². The van der Waals surface area contributed by atoms with Crippen LogP contribution in [-0.4, -0.2) is 29.6 Å². The van der Waals surface area contributed by atoms with Gasteiger partial charge in [-0.3, -0.25) is 9.59 Å². The first-order chi connectivity index (χ1) is 8.05. The Hall–Kier alpha value is -2.15. The number of carbonyl (C=O) groups excluding carboxylic acids is 2. The van der Waals surface area contributed by atoms with Gasteiger partial charge in [-0.25, -0.2) is 0 Å². The Labute approximate surface area is 104 Å². The van der Waals surface area contributed by atoms with Crippen molar-refractivity contribution in [2.75, 3.05) is 0 Å². The van der Waals surface area contributed by atoms with Crippen LogP contribution < -0.4 is 0 Å². The van der Waals surface area contributed by atoms with E-state index in [1.165, 1.54) is 20.8 Å². The molecular formula is C10H11F7LrO2. The Morgan fingerprint density at radius 1 is 0.800 bits per heavy atom. The molecule has 0 amide bonds. The van der Waals surface area contributed by atoms with E-state index in [2.05, 4.69) is 0 Å². The average Bonchev–Trinajstić information content (AvgIpc) is 2.13. The van der Waals surface area contributed by atoms with E-state index in [9.17, 15) is 40.3 Å². The van der Waals surface area contributed by atoms with Crippen LogP contribution >= 0.6 is 0 Å². The van der Waals surface area contributed by atoms with Crippen molar-refractivity contribution >= 4 is 11.6 Å². The van der Waals surface area contributed by atoms with Gasteiger partial charge in [0, 0.05) is 5.41 Å². The van der Waals surface area contributed by atoms with Crippen LogP contribution in [-0.2, 0) is 9.59 Å². The second-order valence-electron chi connectivity index (χ2n) is 4.92. The summed E-state index contributed by atoms with van der Waals surface area (Å²) in [6.07, 6.45) is -8.28. The van der Waals surface area contributed by atoms with Gasteiger partial charge >= 0.3 is 18.0 Å². The molecule has 0 fully saturated rings. The fraction of sp³-hybridized carbons (Fsp3) is 0.800. The molecule has 0 aromatic carbocycles. The van der Waals surface area contributed by atoms with Crippen LogP contribution in [0.5, 0.6) is 0 Å². The van der Waals surface area contributed by atoms with E-state index in [4.69, 9.17) is 0 Å². The third kappa shape index (κ3) is 3.45. The zero-order chi connectivity index (χ0) is 15.9. The van der Waals surface area contributed by atoms with E-state index in [-0.39, 0.29) is 0 Å². The van der Waals surface area contributed by atoms with Gasteiger partial charge in [0.1, 0.15) is 5.78 Å². The molecule has 0 rings (SSSR count). The predicted molar refractivity (Wildman–Crippen MR) is 50.0 cm³/mol. The summed E-state index contributed by atoms with van der Waals surface area (Å²) in [7, 11) is 0. The van der Waals surface area contributed by atoms with E-state index < -0.39 is 41.4 Å². The number of alkyl halides is 7. The van der Waals surface area contributed by atoms with Crippen molar-refractivity contribution in [1.82, 2.24) is 0 Å². The van der Waals surface area contributed by atoms with Gasteiger partial charge in [0.15, 0.2) is 0 Å². The van der Waals surface area contributed by atoms with Crippen LogP contribution in [0, 0.1) is 5.41 Å². The quantitative estimate of drug-likeness (QED) is 0.392. The molecule has 0 aliphatic rings. The maximum atomic E-state index is 12.9. The van der Waals surface area contributed by atoms with Gasteiger partial charge in [0.25, 0.3) is 0 Å². The van der Waals surface area contributed by atoms with Gasteiger partial charge in [-0.05, 0) is 0 Å². The normalized spacial score (nSPS) is 13.7. The molecule has 0 heterocycles. The maximum absolute atomic E-state index is 12.9. The van der Waals surface area contributed by atoms with E-state index >= 15 is 0 Å². The van der Waals surface area contributed by atoms with Gasteiger partial charge < -0.3 is 0 Å². The molecule has 10 heteroatoms. The number of ketones is 2. The predicted octanol–water partition coefficient (Wildman–Crippen LogP) is 3.39. The number of rotatable bonds is 4. The van der Waals surface area contributed by atoms with Crippen molar-refractivity contribution < 1.29 is 40.3 Å². The molecular weight excluding hydrogens is 547 g/mol. The van der Waals surface area contributed by atoms with Crippen LogP contribution in [0.1, 0.15) is 27.2 Å². The topological polar surface area (TPSA) is 34.1 Å². The Bertz CT molecular complexity index is 382. The van der Waals surface area contributed by atoms with Gasteiger partial charge in [0.2, 0.25) is 5.78 Å². The van der Waals surface area contributed by atoms with Crippen molar-refractivity contribution in [2.24, 2.45) is 5.41 Å². The standard InChI is InChI=1S/C10H11F7O2.Lr/c1-7(2,3)5(18)4-6(19)8(11,12)9(13,14)10(15,16)17;/h4H2,1-3H3;. The van der Waals surface area contributed by atoms with Crippen LogP contribution in [0.25, 0.3) is 0 Å². The molecule has 1 radical (unpaired) electrons. The number of hydrogen-bond acceptors (Lipinski definition) is 2. The average molecular weight is 558 g/mol. The Kier molecular flexibility index (Phi) is 5.13. The summed E-state index contributed by atoms with van der Waals surface area (Å²) in [5, 5.41) is 0. The summed E-state index contributed by atoms with van der Waals surface area (Å²) >= 11 is 0. The van der Waals surface area contributed by atoms with E-state index in [1.54, 1.807) is 0 Å². The van der Waals surface area contributed by atoms with Crippen molar-refractivity contribution in [1.29, 1.82) is 0 Å². The largest absolute Gasteiger partial charge is 0.460 e. The SMILES string of the molecule is CC(C)(C)C(=O)CC(=O)C(F)(F)C(F)(F)C(F)(F)F.[Lr]. The molecule has 0 saturated carbocycles. The second kappa shape index (κ2) is 5.09. The van der Waals surface area contributed by atoms with Crippen LogP contribution in [0.3, 0.4) is 0 Å². The molecule has 0 atom stereocenters. The third-order valence-corrected chi connectivity index (χ3v) is 2.26. The molecule has 2 nitrogen and oxygen atoms in total. The fourth-order valence-electron chi connectivity index (χ4n) is 0.875. The van der Waals surface area contributed by atoms with E-state index in [0.29, 0.717) is 0 Å². The first-order valence-corrected chi connectivity index (χ1v) is 4.94. The molecule has 20 heavy (non-hydrogen) atoms. The summed E-state index contributed by atoms with van der Waals surface area (Å²) in [5.41, 5.74) is -1.31. The first-order valence-electron chi connectivity index (χ1n) is 4.94. The third-order valence-electron chi connectivity index (χ3n) is 2.26. The van der Waals surface area contributed by atoms with Gasteiger partial charge in [-0.2, -0.15) is 30.7 Å². The Morgan fingerprint density at radius 3 is 1.40 bits per heavy atom. The Balaban J connectivity index is 0. The minimum absolute atomic E-state index is 0. The number of hydrogen-bond donors (Lipinski definition) is 0. The van der Waals surface area contributed by atoms with Crippen LogP contribution in [0.2, 0.25) is 0 Å². The van der Waals surface area contributed by atoms with E-state index in [0.717, 1.165) is 0 Å². The smallest absolute Gasteiger partial charge is 0.299 e. The maximum Gasteiger partial charge on any atom is 0.460 e. The monoisotopic (exact) mass is 558 g/mol. The summed E-state index contributed by atoms with van der Waals surface area (Å²) < 4.78 is 86.1. The minimum atomic E-state index is -6.59. The number of carbonyl (C=O) groups is 2. The molecule has 0 aliphatic carbocycles. The van der Waals surface area contributed by atoms with Crippen LogP contribution in [0.15, 0.2) is 0 Å². The van der Waals surface area contributed by atoms with E-state index in [1.807, 2.05) is 0 Å². The summed E-state index contributed by atoms with van der Waals surface area (Å²) in [4.78, 5) is 22.1. The molecule has 0 unspecified atom stereocenters. The molecule has 127 valence electrons.